The summed E-state index contributed by atoms with van der Waals surface area (Å²) in [5, 5.41) is 63.9. The van der Waals surface area contributed by atoms with Gasteiger partial charge in [0.2, 0.25) is 0 Å². The third kappa shape index (κ3) is 93.4. The maximum atomic E-state index is 10.4. The van der Waals surface area contributed by atoms with Crippen LogP contribution in [0, 0.1) is 0 Å². The third-order valence-electron chi connectivity index (χ3n) is 2.31. The third-order valence-corrected chi connectivity index (χ3v) is 2.31. The number of nitrogens with zero attached hydrogens (tertiary/aromatic N) is 2. The smallest absolute Gasteiger partial charge is 0.549 e. The Morgan fingerprint density at radius 1 is 0.526 bits per heavy atom. The van der Waals surface area contributed by atoms with Crippen LogP contribution >= 0.6 is 0 Å². The largest absolute Gasteiger partial charge is 2.00 e. The average Bonchev–Trinajstić information content (AvgIpc) is 2.63. The standard InChI is InChI=1S/C10H16N2O8.C2H8N2.3C2H4O2.2Cu/c13-7(14)3-11(4-8(15)16)1-2-12(5-9(17)18)6-10(19)20;3-1-2-4;3*1-2(3)4;;/h1-6H2,(H,13,14)(H,15,16)(H,17,18)(H,19,20);1-4H2;3*1H3,(H,3,4);;/q;;;;;2*+2/p-4. The first-order valence-electron chi connectivity index (χ1n) is 9.54. The van der Waals surface area contributed by atoms with Gasteiger partial charge in [-0.1, -0.05) is 0 Å². The van der Waals surface area contributed by atoms with E-state index in [0.29, 0.717) is 13.1 Å². The number of rotatable bonds is 12. The van der Waals surface area contributed by atoms with Gasteiger partial charge in [0.1, 0.15) is 0 Å². The van der Waals surface area contributed by atoms with Crippen LogP contribution in [0.25, 0.3) is 0 Å². The number of aliphatic carboxylic acids is 7. The molecule has 0 aliphatic rings. The van der Waals surface area contributed by atoms with Crippen molar-refractivity contribution in [3.63, 3.8) is 0 Å². The number of carboxylic acids is 7. The molecule has 0 bridgehead atoms. The summed E-state index contributed by atoms with van der Waals surface area (Å²) < 4.78 is 0. The van der Waals surface area contributed by atoms with E-state index in [-0.39, 0.29) is 47.2 Å². The fourth-order valence-electron chi connectivity index (χ4n) is 1.44. The number of carbonyl (C=O) groups excluding carboxylic acids is 4. The van der Waals surface area contributed by atoms with Gasteiger partial charge >= 0.3 is 34.1 Å². The van der Waals surface area contributed by atoms with Gasteiger partial charge in [-0.15, -0.1) is 0 Å². The van der Waals surface area contributed by atoms with E-state index in [2.05, 4.69) is 0 Å². The van der Waals surface area contributed by atoms with Gasteiger partial charge in [0, 0.05) is 73.1 Å². The predicted octanol–water partition coefficient (Wildman–Crippen LogP) is -8.24. The van der Waals surface area contributed by atoms with Crippen LogP contribution in [0.1, 0.15) is 20.8 Å². The van der Waals surface area contributed by atoms with Crippen LogP contribution in [0.5, 0.6) is 0 Å². The summed E-state index contributed by atoms with van der Waals surface area (Å²) in [6.45, 7) is 1.19. The van der Waals surface area contributed by atoms with Crippen LogP contribution in [0.2, 0.25) is 0 Å². The first-order chi connectivity index (χ1) is 16.3. The molecule has 0 rings (SSSR count). The number of hydrogen-bond donors (Lipinski definition) is 5. The maximum absolute atomic E-state index is 10.4. The molecule has 7 N–H and O–H groups in total. The Labute approximate surface area is 239 Å². The molecule has 0 aliphatic heterocycles. The van der Waals surface area contributed by atoms with Gasteiger partial charge in [0.05, 0.1) is 23.9 Å². The van der Waals surface area contributed by atoms with Crippen molar-refractivity contribution in [2.24, 2.45) is 11.5 Å². The van der Waals surface area contributed by atoms with E-state index in [1.165, 1.54) is 0 Å². The zero-order valence-electron chi connectivity index (χ0n) is 20.6. The van der Waals surface area contributed by atoms with E-state index in [1.54, 1.807) is 0 Å². The molecule has 0 aromatic rings. The van der Waals surface area contributed by atoms with Crippen LogP contribution in [0.3, 0.4) is 0 Å². The molecule has 0 aromatic carbocycles. The minimum Gasteiger partial charge on any atom is -0.549 e. The molecular formula is C18H32Cu2N4O14. The van der Waals surface area contributed by atoms with Crippen molar-refractivity contribution in [3.05, 3.63) is 0 Å². The maximum Gasteiger partial charge on any atom is 2.00 e. The SMILES string of the molecule is CC(=O)O.CC(=O)O.CC(=O)O.NCCN.O=C([O-])CN(CCN(CC(=O)[O-])CC(=O)[O-])CC(=O)[O-].[Cu+2].[Cu+2]. The van der Waals surface area contributed by atoms with Gasteiger partial charge in [0.25, 0.3) is 17.9 Å². The number of hydrogen-bond acceptors (Lipinski definition) is 15. The fourth-order valence-corrected chi connectivity index (χ4v) is 1.44. The molecular weight excluding hydrogens is 623 g/mol. The van der Waals surface area contributed by atoms with Crippen molar-refractivity contribution in [3.8, 4) is 0 Å². The second-order valence-corrected chi connectivity index (χ2v) is 6.04. The summed E-state index contributed by atoms with van der Waals surface area (Å²) >= 11 is 0. The number of nitrogens with two attached hydrogens (primary N) is 2. The molecule has 0 amide bonds. The number of carboxylic acid groups (broad SMARTS) is 7. The Balaban J connectivity index is -0.0000000873. The van der Waals surface area contributed by atoms with Gasteiger partial charge in [-0.05, 0) is 0 Å². The number of carbonyl (C=O) groups is 7. The summed E-state index contributed by atoms with van der Waals surface area (Å²) in [7, 11) is 0. The van der Waals surface area contributed by atoms with Gasteiger partial charge in [-0.3, -0.25) is 24.2 Å². The van der Waals surface area contributed by atoms with Gasteiger partial charge in [-0.2, -0.15) is 0 Å². The van der Waals surface area contributed by atoms with Crippen molar-refractivity contribution in [2.45, 2.75) is 20.8 Å². The summed E-state index contributed by atoms with van der Waals surface area (Å²) in [5.41, 5.74) is 9.81. The van der Waals surface area contributed by atoms with Crippen molar-refractivity contribution in [1.29, 1.82) is 0 Å². The minimum absolute atomic E-state index is 0. The van der Waals surface area contributed by atoms with Crippen LogP contribution < -0.4 is 31.9 Å². The molecule has 230 valence electrons. The van der Waals surface area contributed by atoms with E-state index < -0.39 is 68.0 Å². The molecule has 20 heteroatoms. The molecule has 0 saturated carbocycles. The van der Waals surface area contributed by atoms with Crippen LogP contribution in [-0.4, -0.2) is 119 Å². The Morgan fingerprint density at radius 2 is 0.658 bits per heavy atom. The molecule has 0 saturated heterocycles. The van der Waals surface area contributed by atoms with Crippen molar-refractivity contribution < 1.29 is 103 Å². The Bertz CT molecular complexity index is 573. The van der Waals surface area contributed by atoms with E-state index in [0.717, 1.165) is 30.6 Å². The van der Waals surface area contributed by atoms with Crippen molar-refractivity contribution >= 4 is 41.8 Å². The Kier molecular flexibility index (Phi) is 49.5. The summed E-state index contributed by atoms with van der Waals surface area (Å²) in [4.78, 5) is 70.4. The van der Waals surface area contributed by atoms with E-state index in [4.69, 9.17) is 41.2 Å². The second kappa shape index (κ2) is 36.3. The zero-order chi connectivity index (χ0) is 29.9. The molecule has 0 unspecified atom stereocenters. The van der Waals surface area contributed by atoms with E-state index in [1.807, 2.05) is 0 Å². The summed E-state index contributed by atoms with van der Waals surface area (Å²) in [6, 6.07) is 0. The summed E-state index contributed by atoms with van der Waals surface area (Å²) in [6.07, 6.45) is 0. The van der Waals surface area contributed by atoms with Crippen molar-refractivity contribution in [2.75, 3.05) is 52.4 Å². The quantitative estimate of drug-likeness (QED) is 0.122. The molecule has 0 aliphatic carbocycles. The Morgan fingerprint density at radius 3 is 0.737 bits per heavy atom. The topological polar surface area (TPSA) is 331 Å². The average molecular weight is 656 g/mol. The van der Waals surface area contributed by atoms with Crippen molar-refractivity contribution in [1.82, 2.24) is 9.80 Å². The van der Waals surface area contributed by atoms with E-state index in [9.17, 15) is 39.6 Å². The monoisotopic (exact) mass is 654 g/mol. The fraction of sp³-hybridized carbons (Fsp3) is 0.611. The zero-order valence-corrected chi connectivity index (χ0v) is 22.5. The normalized spacial score (nSPS) is 8.39. The molecule has 0 fully saturated rings. The first kappa shape index (κ1) is 51.7. The molecule has 0 spiro atoms. The molecule has 18 nitrogen and oxygen atoms in total. The molecule has 38 heavy (non-hydrogen) atoms. The van der Waals surface area contributed by atoms with E-state index >= 15 is 0 Å². The molecule has 2 radical (unpaired) electrons. The molecule has 0 atom stereocenters. The Hall–Kier alpha value is -2.83. The second-order valence-electron chi connectivity index (χ2n) is 6.04. The molecule has 0 heterocycles. The minimum atomic E-state index is -1.53. The van der Waals surface area contributed by atoms with Crippen LogP contribution in [-0.2, 0) is 67.7 Å². The molecule has 0 aromatic heterocycles. The van der Waals surface area contributed by atoms with Gasteiger partial charge in [0.15, 0.2) is 0 Å². The van der Waals surface area contributed by atoms with Gasteiger partial charge < -0.3 is 66.4 Å². The van der Waals surface area contributed by atoms with Crippen LogP contribution in [0.15, 0.2) is 0 Å². The summed E-state index contributed by atoms with van der Waals surface area (Å²) in [5.74, 6) is -8.62. The predicted molar refractivity (Wildman–Crippen MR) is 111 cm³/mol. The van der Waals surface area contributed by atoms with Crippen LogP contribution in [0.4, 0.5) is 0 Å². The first-order valence-corrected chi connectivity index (χ1v) is 9.54. The van der Waals surface area contributed by atoms with Gasteiger partial charge in [-0.25, -0.2) is 0 Å².